The number of carbonyl (C=O) groups is 1. The quantitative estimate of drug-likeness (QED) is 0.585. The number of hydrogen-bond donors (Lipinski definition) is 2. The third-order valence-corrected chi connectivity index (χ3v) is 0.266. The Hall–Kier alpha value is 0.130. The first kappa shape index (κ1) is 22.7. The fourth-order valence-electron chi connectivity index (χ4n) is 0.0781. The minimum atomic E-state index is -1.02. The monoisotopic (exact) mass is 255 g/mol. The van der Waals surface area contributed by atoms with Crippen molar-refractivity contribution in [3.05, 3.63) is 19.7 Å². The topological polar surface area (TPSA) is 91.0 Å². The Kier molecular flexibility index (Phi) is 32.7. The van der Waals surface area contributed by atoms with Crippen LogP contribution in [0.2, 0.25) is 0 Å². The molecule has 0 rings (SSSR count). The summed E-state index contributed by atoms with van der Waals surface area (Å²) in [5.41, 5.74) is 0. The van der Waals surface area contributed by atoms with Gasteiger partial charge in [0.25, 0.3) is 5.97 Å². The predicted molar refractivity (Wildman–Crippen MR) is 44.0 cm³/mol. The van der Waals surface area contributed by atoms with Gasteiger partial charge >= 0.3 is 22.4 Å². The van der Waals surface area contributed by atoms with Crippen molar-refractivity contribution in [3.63, 3.8) is 0 Å². The van der Waals surface area contributed by atoms with Gasteiger partial charge in [-0.05, 0) is 0 Å². The van der Waals surface area contributed by atoms with E-state index in [1.54, 1.807) is 0 Å². The molecule has 5 heteroatoms. The van der Waals surface area contributed by atoms with Gasteiger partial charge in [-0.3, -0.25) is 4.79 Å². The van der Waals surface area contributed by atoms with Gasteiger partial charge in [0, 0.05) is 0 Å². The summed E-state index contributed by atoms with van der Waals surface area (Å²) in [7, 11) is 0. The zero-order chi connectivity index (χ0) is 8.57. The van der Waals surface area contributed by atoms with Crippen LogP contribution in [0, 0.1) is 19.4 Å². The maximum Gasteiger partial charge on any atom is 3.00 e. The molecule has 12 heavy (non-hydrogen) atoms. The van der Waals surface area contributed by atoms with Crippen LogP contribution in [-0.4, -0.2) is 16.2 Å². The van der Waals surface area contributed by atoms with Gasteiger partial charge in [0.05, 0.1) is 0 Å². The molecule has 4 nitrogen and oxygen atoms in total. The van der Waals surface area contributed by atoms with Crippen molar-refractivity contribution >= 4 is 5.97 Å². The summed E-state index contributed by atoms with van der Waals surface area (Å²) < 4.78 is 0. The largest absolute Gasteiger partial charge is 3.00 e. The molecule has 0 spiro atoms. The number of carboxylic acids is 1. The summed E-state index contributed by atoms with van der Waals surface area (Å²) >= 11 is 0. The van der Waals surface area contributed by atoms with Crippen molar-refractivity contribution in [2.75, 3.05) is 0 Å². The first-order valence-electron chi connectivity index (χ1n) is 3.01. The van der Waals surface area contributed by atoms with Gasteiger partial charge in [-0.1, -0.05) is 20.3 Å². The standard InChI is InChI=1S/C4H9.C3H5O3.H2N.Nb/c1-4(2)3;4-2-1-3(5)6;;/h4H,1H2,2-3H3;2,4H,1H2,(H,5,6);1H2;/q3*-1;+3. The summed E-state index contributed by atoms with van der Waals surface area (Å²) in [5.74, 6) is -0.433. The number of hydrogen-bond acceptors (Lipinski definition) is 2. The van der Waals surface area contributed by atoms with E-state index in [1.165, 1.54) is 0 Å². The van der Waals surface area contributed by atoms with Crippen LogP contribution in [0.5, 0.6) is 0 Å². The number of aliphatic hydroxyl groups excluding tert-OH is 1. The van der Waals surface area contributed by atoms with Gasteiger partial charge in [0.2, 0.25) is 0 Å². The Labute approximate surface area is 89.5 Å². The predicted octanol–water partition coefficient (Wildman–Crippen LogP) is 2.19. The molecule has 72 valence electrons. The number of aliphatic hydroxyl groups is 1. The smallest absolute Gasteiger partial charge is 0.693 e. The van der Waals surface area contributed by atoms with Crippen molar-refractivity contribution in [2.45, 2.75) is 20.3 Å². The average Bonchev–Trinajstić information content (AvgIpc) is 1.62. The average molecular weight is 255 g/mol. The molecule has 0 atom stereocenters. The van der Waals surface area contributed by atoms with Crippen LogP contribution in [0.3, 0.4) is 0 Å². The summed E-state index contributed by atoms with van der Waals surface area (Å²) in [4.78, 5) is 9.41. The van der Waals surface area contributed by atoms with E-state index in [2.05, 4.69) is 20.8 Å². The van der Waals surface area contributed by atoms with Crippen molar-refractivity contribution in [2.24, 2.45) is 5.92 Å². The van der Waals surface area contributed by atoms with E-state index < -0.39 is 5.97 Å². The van der Waals surface area contributed by atoms with Gasteiger partial charge < -0.3 is 23.3 Å². The molecular formula is C7H16NNbO3. The molecule has 0 saturated carbocycles. The van der Waals surface area contributed by atoms with E-state index in [4.69, 9.17) is 10.2 Å². The van der Waals surface area contributed by atoms with Crippen LogP contribution < -0.4 is 0 Å². The second kappa shape index (κ2) is 17.3. The molecule has 0 aliphatic carbocycles. The molecule has 0 unspecified atom stereocenters. The van der Waals surface area contributed by atoms with Gasteiger partial charge in [-0.2, -0.15) is 5.92 Å². The fraction of sp³-hybridized carbons (Fsp3) is 0.571. The number of aliphatic carboxylic acids is 1. The van der Waals surface area contributed by atoms with Crippen LogP contribution in [0.4, 0.5) is 0 Å². The normalized spacial score (nSPS) is 7.08. The number of nitrogens with two attached hydrogens (primary N) is 1. The van der Waals surface area contributed by atoms with E-state index >= 15 is 0 Å². The van der Waals surface area contributed by atoms with Crippen molar-refractivity contribution in [3.8, 4) is 0 Å². The van der Waals surface area contributed by atoms with Crippen LogP contribution in [-0.2, 0) is 27.2 Å². The Morgan fingerprint density at radius 3 is 1.83 bits per heavy atom. The second-order valence-corrected chi connectivity index (χ2v) is 2.17. The first-order chi connectivity index (χ1) is 4.50. The molecule has 0 aliphatic rings. The molecule has 0 amide bonds. The summed E-state index contributed by atoms with van der Waals surface area (Å²) in [5, 5.41) is 15.5. The summed E-state index contributed by atoms with van der Waals surface area (Å²) in [6.45, 7) is 8.35. The SMILES string of the molecule is O=C(O)C[CH-]O.[CH2-]C(C)C.[NH2-].[Nb+3]. The van der Waals surface area contributed by atoms with Crippen molar-refractivity contribution < 1.29 is 37.4 Å². The van der Waals surface area contributed by atoms with Crippen molar-refractivity contribution in [1.29, 1.82) is 0 Å². The third kappa shape index (κ3) is 86.2. The maximum absolute atomic E-state index is 9.41. The van der Waals surface area contributed by atoms with E-state index in [0.29, 0.717) is 12.5 Å². The molecule has 4 N–H and O–H groups in total. The van der Waals surface area contributed by atoms with E-state index in [-0.39, 0.29) is 35.0 Å². The van der Waals surface area contributed by atoms with E-state index in [9.17, 15) is 4.79 Å². The summed E-state index contributed by atoms with van der Waals surface area (Å²) in [6.07, 6.45) is -0.278. The molecule has 0 aromatic carbocycles. The van der Waals surface area contributed by atoms with Gasteiger partial charge in [0.1, 0.15) is 0 Å². The zero-order valence-electron chi connectivity index (χ0n) is 7.40. The molecule has 0 aliphatic heterocycles. The molecule has 0 heterocycles. The van der Waals surface area contributed by atoms with Crippen molar-refractivity contribution in [1.82, 2.24) is 0 Å². The molecule has 0 fully saturated rings. The molecule has 0 saturated heterocycles. The summed E-state index contributed by atoms with van der Waals surface area (Å²) in [6, 6.07) is 0. The van der Waals surface area contributed by atoms with Crippen LogP contribution in [0.25, 0.3) is 6.15 Å². The van der Waals surface area contributed by atoms with Crippen LogP contribution in [0.15, 0.2) is 0 Å². The maximum atomic E-state index is 9.41. The molecule has 0 radical (unpaired) electrons. The Bertz CT molecular complexity index is 86.0. The molecular weight excluding hydrogens is 239 g/mol. The first-order valence-corrected chi connectivity index (χ1v) is 3.01. The van der Waals surface area contributed by atoms with E-state index in [0.717, 1.165) is 0 Å². The Morgan fingerprint density at radius 1 is 1.58 bits per heavy atom. The van der Waals surface area contributed by atoms with Gasteiger partial charge in [-0.15, -0.1) is 0 Å². The van der Waals surface area contributed by atoms with Crippen LogP contribution >= 0.6 is 0 Å². The number of carboxylic acid groups (broad SMARTS) is 1. The molecule has 0 bridgehead atoms. The Balaban J connectivity index is -0.0000000483. The van der Waals surface area contributed by atoms with Gasteiger partial charge in [-0.25, -0.2) is 6.61 Å². The molecule has 0 aromatic heterocycles. The second-order valence-electron chi connectivity index (χ2n) is 2.17. The van der Waals surface area contributed by atoms with Gasteiger partial charge in [0.15, 0.2) is 0 Å². The minimum absolute atomic E-state index is 0. The fourth-order valence-corrected chi connectivity index (χ4v) is 0.0781. The Morgan fingerprint density at radius 2 is 1.83 bits per heavy atom. The third-order valence-electron chi connectivity index (χ3n) is 0.266. The minimum Gasteiger partial charge on any atom is -0.693 e. The van der Waals surface area contributed by atoms with Crippen LogP contribution in [0.1, 0.15) is 20.3 Å². The molecule has 0 aromatic rings. The number of rotatable bonds is 2. The zero-order valence-corrected chi connectivity index (χ0v) is 9.59. The van der Waals surface area contributed by atoms with E-state index in [1.807, 2.05) is 0 Å².